The Morgan fingerprint density at radius 2 is 1.75 bits per heavy atom. The Labute approximate surface area is 213 Å². The van der Waals surface area contributed by atoms with Crippen LogP contribution in [0.4, 0.5) is 0 Å². The molecule has 3 aromatic carbocycles. The van der Waals surface area contributed by atoms with Gasteiger partial charge < -0.3 is 18.6 Å². The Morgan fingerprint density at radius 3 is 2.50 bits per heavy atom. The zero-order valence-electron chi connectivity index (χ0n) is 20.1. The number of carbonyl (C=O) groups excluding carboxylic acids is 1. The molecule has 6 nitrogen and oxygen atoms in total. The first-order chi connectivity index (χ1) is 17.4. The molecule has 0 spiro atoms. The summed E-state index contributed by atoms with van der Waals surface area (Å²) < 4.78 is 23.3. The normalized spacial score (nSPS) is 12.5. The molecule has 5 rings (SSSR count). The number of Topliss-reactive ketones (excluding diaryl/α,β-unsaturated/α-hetero) is 1. The number of carbonyl (C=O) groups is 1. The average Bonchev–Trinajstić information content (AvgIpc) is 2.88. The number of hydrogen-bond donors (Lipinski definition) is 0. The van der Waals surface area contributed by atoms with E-state index in [1.54, 1.807) is 37.3 Å². The fraction of sp³-hybridized carbons (Fsp3) is 0.241. The van der Waals surface area contributed by atoms with E-state index in [1.165, 1.54) is 0 Å². The molecule has 0 atom stereocenters. The van der Waals surface area contributed by atoms with Crippen LogP contribution < -0.4 is 19.6 Å². The van der Waals surface area contributed by atoms with Gasteiger partial charge >= 0.3 is 0 Å². The fourth-order valence-electron chi connectivity index (χ4n) is 4.37. The van der Waals surface area contributed by atoms with Gasteiger partial charge in [-0.3, -0.25) is 9.59 Å². The van der Waals surface area contributed by atoms with Gasteiger partial charge in [0.25, 0.3) is 0 Å². The van der Waals surface area contributed by atoms with Gasteiger partial charge in [-0.25, -0.2) is 0 Å². The monoisotopic (exact) mass is 504 g/mol. The standard InChI is InChI=1S/C29H25ClO6/c1-3-4-19-13-22-26(15-25(19)35-16-23(31)18-5-8-21(30)9-6-18)36-17(2)28(29(22)32)20-7-10-24-27(14-20)34-12-11-33-24/h5-10,13-15H,3-4,11-12,16H2,1-2H3. The third-order valence-electron chi connectivity index (χ3n) is 6.12. The molecule has 1 aliphatic rings. The Balaban J connectivity index is 1.51. The SMILES string of the molecule is CCCc1cc2c(=O)c(-c3ccc4c(c3)OCCO4)c(C)oc2cc1OCC(=O)c1ccc(Cl)cc1. The third kappa shape index (κ3) is 4.69. The molecule has 0 unspecified atom stereocenters. The predicted octanol–water partition coefficient (Wildman–Crippen LogP) is 6.41. The van der Waals surface area contributed by atoms with Crippen molar-refractivity contribution in [2.75, 3.05) is 19.8 Å². The van der Waals surface area contributed by atoms with Crippen LogP contribution in [0.2, 0.25) is 5.02 Å². The van der Waals surface area contributed by atoms with Gasteiger partial charge in [-0.15, -0.1) is 0 Å². The lowest BCUT2D eigenvalue weighted by Gasteiger charge is -2.19. The maximum absolute atomic E-state index is 13.6. The molecule has 0 bridgehead atoms. The smallest absolute Gasteiger partial charge is 0.200 e. The van der Waals surface area contributed by atoms with Crippen LogP contribution >= 0.6 is 11.6 Å². The molecule has 0 amide bonds. The molecule has 0 N–H and O–H groups in total. The molecule has 2 heterocycles. The molecule has 0 saturated heterocycles. The van der Waals surface area contributed by atoms with Crippen LogP contribution in [0.25, 0.3) is 22.1 Å². The number of halogens is 1. The number of aryl methyl sites for hydroxylation is 2. The molecule has 4 aromatic rings. The van der Waals surface area contributed by atoms with E-state index in [4.69, 9.17) is 30.2 Å². The molecular weight excluding hydrogens is 480 g/mol. The van der Waals surface area contributed by atoms with Crippen molar-refractivity contribution in [2.24, 2.45) is 0 Å². The first kappa shape index (κ1) is 23.9. The summed E-state index contributed by atoms with van der Waals surface area (Å²) in [5, 5.41) is 1.03. The molecular formula is C29H25ClO6. The third-order valence-corrected chi connectivity index (χ3v) is 6.38. The van der Waals surface area contributed by atoms with Crippen molar-refractivity contribution < 1.29 is 23.4 Å². The highest BCUT2D eigenvalue weighted by atomic mass is 35.5. The summed E-state index contributed by atoms with van der Waals surface area (Å²) in [4.78, 5) is 26.2. The topological polar surface area (TPSA) is 75.0 Å². The Bertz CT molecular complexity index is 1500. The van der Waals surface area contributed by atoms with Gasteiger partial charge in [0.05, 0.1) is 10.9 Å². The summed E-state index contributed by atoms with van der Waals surface area (Å²) in [5.74, 6) is 2.11. The Kier molecular flexibility index (Phi) is 6.70. The quantitative estimate of drug-likeness (QED) is 0.271. The molecule has 0 saturated carbocycles. The molecule has 7 heteroatoms. The zero-order chi connectivity index (χ0) is 25.2. The van der Waals surface area contributed by atoms with Crippen molar-refractivity contribution in [2.45, 2.75) is 26.7 Å². The number of rotatable bonds is 7. The summed E-state index contributed by atoms with van der Waals surface area (Å²) in [6, 6.07) is 15.7. The zero-order valence-corrected chi connectivity index (χ0v) is 20.8. The van der Waals surface area contributed by atoms with Crippen molar-refractivity contribution in [3.63, 3.8) is 0 Å². The summed E-state index contributed by atoms with van der Waals surface area (Å²) in [6.45, 7) is 4.63. The first-order valence-electron chi connectivity index (χ1n) is 11.9. The van der Waals surface area contributed by atoms with Gasteiger partial charge in [-0.1, -0.05) is 31.0 Å². The predicted molar refractivity (Wildman–Crippen MR) is 139 cm³/mol. The number of fused-ring (bicyclic) bond motifs is 2. The second-order valence-corrected chi connectivity index (χ2v) is 9.08. The van der Waals surface area contributed by atoms with Crippen LogP contribution in [0, 0.1) is 6.92 Å². The molecule has 0 aliphatic carbocycles. The molecule has 1 aliphatic heterocycles. The van der Waals surface area contributed by atoms with E-state index in [9.17, 15) is 9.59 Å². The first-order valence-corrected chi connectivity index (χ1v) is 12.2. The minimum absolute atomic E-state index is 0.133. The maximum atomic E-state index is 13.6. The highest BCUT2D eigenvalue weighted by Gasteiger charge is 2.20. The maximum Gasteiger partial charge on any atom is 0.200 e. The van der Waals surface area contributed by atoms with Crippen LogP contribution in [0.3, 0.4) is 0 Å². The lowest BCUT2D eigenvalue weighted by molar-refractivity contribution is 0.0921. The van der Waals surface area contributed by atoms with Crippen molar-refractivity contribution in [3.05, 3.63) is 86.7 Å². The summed E-state index contributed by atoms with van der Waals surface area (Å²) >= 11 is 5.92. The van der Waals surface area contributed by atoms with E-state index in [1.807, 2.05) is 31.2 Å². The van der Waals surface area contributed by atoms with Crippen LogP contribution in [0.5, 0.6) is 17.2 Å². The lowest BCUT2D eigenvalue weighted by atomic mass is 9.99. The molecule has 0 fully saturated rings. The fourth-order valence-corrected chi connectivity index (χ4v) is 4.50. The van der Waals surface area contributed by atoms with Crippen LogP contribution in [-0.2, 0) is 6.42 Å². The van der Waals surface area contributed by atoms with Crippen LogP contribution in [-0.4, -0.2) is 25.6 Å². The number of hydrogen-bond acceptors (Lipinski definition) is 6. The van der Waals surface area contributed by atoms with Crippen LogP contribution in [0.1, 0.15) is 35.0 Å². The Morgan fingerprint density at radius 1 is 1.00 bits per heavy atom. The van der Waals surface area contributed by atoms with E-state index in [0.29, 0.717) is 75.3 Å². The second-order valence-electron chi connectivity index (χ2n) is 8.65. The number of benzene rings is 3. The summed E-state index contributed by atoms with van der Waals surface area (Å²) in [6.07, 6.45) is 1.53. The molecule has 184 valence electrons. The second kappa shape index (κ2) is 10.1. The van der Waals surface area contributed by atoms with E-state index in [0.717, 1.165) is 12.0 Å². The summed E-state index contributed by atoms with van der Waals surface area (Å²) in [5.41, 5.74) is 2.83. The molecule has 36 heavy (non-hydrogen) atoms. The number of ether oxygens (including phenoxy) is 3. The Hall–Kier alpha value is -3.77. The van der Waals surface area contributed by atoms with Gasteiger partial charge in [0.2, 0.25) is 5.43 Å². The number of ketones is 1. The highest BCUT2D eigenvalue weighted by molar-refractivity contribution is 6.30. The van der Waals surface area contributed by atoms with Crippen molar-refractivity contribution in [3.8, 4) is 28.4 Å². The van der Waals surface area contributed by atoms with Gasteiger partial charge in [0.1, 0.15) is 30.3 Å². The van der Waals surface area contributed by atoms with Crippen LogP contribution in [0.15, 0.2) is 63.8 Å². The molecule has 0 radical (unpaired) electrons. The summed E-state index contributed by atoms with van der Waals surface area (Å²) in [7, 11) is 0. The van der Waals surface area contributed by atoms with E-state index in [2.05, 4.69) is 0 Å². The van der Waals surface area contributed by atoms with E-state index >= 15 is 0 Å². The molecule has 1 aromatic heterocycles. The average molecular weight is 505 g/mol. The van der Waals surface area contributed by atoms with Crippen molar-refractivity contribution >= 4 is 28.4 Å². The minimum atomic E-state index is -0.166. The van der Waals surface area contributed by atoms with E-state index < -0.39 is 0 Å². The van der Waals surface area contributed by atoms with Crippen molar-refractivity contribution in [1.82, 2.24) is 0 Å². The lowest BCUT2D eigenvalue weighted by Crippen LogP contribution is -2.15. The van der Waals surface area contributed by atoms with Gasteiger partial charge in [0.15, 0.2) is 23.9 Å². The van der Waals surface area contributed by atoms with E-state index in [-0.39, 0.29) is 17.8 Å². The minimum Gasteiger partial charge on any atom is -0.486 e. The van der Waals surface area contributed by atoms with Gasteiger partial charge in [0, 0.05) is 16.7 Å². The highest BCUT2D eigenvalue weighted by Crippen LogP contribution is 2.36. The van der Waals surface area contributed by atoms with Gasteiger partial charge in [-0.2, -0.15) is 0 Å². The largest absolute Gasteiger partial charge is 0.486 e. The van der Waals surface area contributed by atoms with Crippen molar-refractivity contribution in [1.29, 1.82) is 0 Å². The van der Waals surface area contributed by atoms with Gasteiger partial charge in [-0.05, 0) is 66.9 Å².